The molecule has 0 aromatic heterocycles. The van der Waals surface area contributed by atoms with E-state index in [1.54, 1.807) is 0 Å². The number of carbonyl (C=O) groups is 1. The van der Waals surface area contributed by atoms with Crippen molar-refractivity contribution in [3.63, 3.8) is 0 Å². The molecule has 0 bridgehead atoms. The van der Waals surface area contributed by atoms with E-state index in [0.29, 0.717) is 18.9 Å². The molecule has 2 atom stereocenters. The van der Waals surface area contributed by atoms with Gasteiger partial charge in [0.05, 0.1) is 0 Å². The maximum atomic E-state index is 11.6. The zero-order chi connectivity index (χ0) is 10.3. The molecule has 0 N–H and O–H groups in total. The maximum absolute atomic E-state index is 11.6. The highest BCUT2D eigenvalue weighted by Gasteiger charge is 2.17. The molecule has 0 aliphatic carbocycles. The van der Waals surface area contributed by atoms with E-state index in [1.807, 2.05) is 13.8 Å². The van der Waals surface area contributed by atoms with Gasteiger partial charge in [0.1, 0.15) is 6.10 Å². The molecule has 0 saturated heterocycles. The highest BCUT2D eigenvalue weighted by atomic mass is 16.5. The van der Waals surface area contributed by atoms with Crippen molar-refractivity contribution in [3.8, 4) is 0 Å². The molecule has 2 heteroatoms. The summed E-state index contributed by atoms with van der Waals surface area (Å²) >= 11 is 0. The second-order valence-electron chi connectivity index (χ2n) is 3.54. The zero-order valence-electron chi connectivity index (χ0n) is 9.30. The van der Waals surface area contributed by atoms with Gasteiger partial charge in [-0.3, -0.25) is 4.79 Å². The first kappa shape index (κ1) is 12.6. The van der Waals surface area contributed by atoms with Crippen molar-refractivity contribution < 1.29 is 9.53 Å². The van der Waals surface area contributed by atoms with E-state index in [0.717, 1.165) is 12.8 Å². The second-order valence-corrected chi connectivity index (χ2v) is 3.54. The Labute approximate surface area is 81.7 Å². The van der Waals surface area contributed by atoms with E-state index >= 15 is 0 Å². The molecule has 0 aliphatic rings. The second kappa shape index (κ2) is 7.07. The van der Waals surface area contributed by atoms with Crippen molar-refractivity contribution in [1.82, 2.24) is 0 Å². The zero-order valence-corrected chi connectivity index (χ0v) is 9.30. The van der Waals surface area contributed by atoms with E-state index in [9.17, 15) is 4.79 Å². The molecule has 0 aromatic rings. The Hall–Kier alpha value is -0.370. The normalized spacial score (nSPS) is 15.4. The van der Waals surface area contributed by atoms with Crippen LogP contribution in [0, 0.1) is 5.92 Å². The lowest BCUT2D eigenvalue weighted by Gasteiger charge is -2.15. The third-order valence-corrected chi connectivity index (χ3v) is 2.34. The SMILES string of the molecule is CCOC(CC)C(=O)CC(C)CC. The van der Waals surface area contributed by atoms with Crippen molar-refractivity contribution >= 4 is 5.78 Å². The molecule has 0 spiro atoms. The van der Waals surface area contributed by atoms with Crippen LogP contribution in [0.1, 0.15) is 47.0 Å². The molecule has 0 aromatic carbocycles. The van der Waals surface area contributed by atoms with Gasteiger partial charge in [0, 0.05) is 13.0 Å². The van der Waals surface area contributed by atoms with Crippen molar-refractivity contribution in [3.05, 3.63) is 0 Å². The smallest absolute Gasteiger partial charge is 0.161 e. The van der Waals surface area contributed by atoms with E-state index in [4.69, 9.17) is 4.74 Å². The van der Waals surface area contributed by atoms with Crippen LogP contribution in [0.2, 0.25) is 0 Å². The summed E-state index contributed by atoms with van der Waals surface area (Å²) in [5, 5.41) is 0. The van der Waals surface area contributed by atoms with Crippen LogP contribution in [-0.4, -0.2) is 18.5 Å². The van der Waals surface area contributed by atoms with Crippen LogP contribution >= 0.6 is 0 Å². The van der Waals surface area contributed by atoms with Crippen LogP contribution < -0.4 is 0 Å². The van der Waals surface area contributed by atoms with Crippen LogP contribution in [0.25, 0.3) is 0 Å². The van der Waals surface area contributed by atoms with Gasteiger partial charge in [-0.25, -0.2) is 0 Å². The quantitative estimate of drug-likeness (QED) is 0.611. The lowest BCUT2D eigenvalue weighted by molar-refractivity contribution is -0.131. The summed E-state index contributed by atoms with van der Waals surface area (Å²) in [6.45, 7) is 8.77. The Morgan fingerprint density at radius 2 is 1.85 bits per heavy atom. The van der Waals surface area contributed by atoms with E-state index < -0.39 is 0 Å². The Kier molecular flexibility index (Phi) is 6.87. The number of Topliss-reactive ketones (excluding diaryl/α,β-unsaturated/α-hetero) is 1. The van der Waals surface area contributed by atoms with Crippen LogP contribution in [-0.2, 0) is 9.53 Å². The minimum Gasteiger partial charge on any atom is -0.371 e. The van der Waals surface area contributed by atoms with Gasteiger partial charge in [0.2, 0.25) is 0 Å². The largest absolute Gasteiger partial charge is 0.371 e. The van der Waals surface area contributed by atoms with Crippen molar-refractivity contribution in [2.24, 2.45) is 5.92 Å². The molecule has 0 heterocycles. The van der Waals surface area contributed by atoms with Crippen LogP contribution in [0.4, 0.5) is 0 Å². The van der Waals surface area contributed by atoms with E-state index in [-0.39, 0.29) is 11.9 Å². The first-order valence-corrected chi connectivity index (χ1v) is 5.29. The van der Waals surface area contributed by atoms with Gasteiger partial charge in [0.15, 0.2) is 5.78 Å². The summed E-state index contributed by atoms with van der Waals surface area (Å²) in [4.78, 5) is 11.6. The van der Waals surface area contributed by atoms with E-state index in [1.165, 1.54) is 0 Å². The highest BCUT2D eigenvalue weighted by Crippen LogP contribution is 2.11. The Morgan fingerprint density at radius 1 is 1.23 bits per heavy atom. The van der Waals surface area contributed by atoms with Crippen LogP contribution in [0.15, 0.2) is 0 Å². The highest BCUT2D eigenvalue weighted by molar-refractivity contribution is 5.83. The van der Waals surface area contributed by atoms with Gasteiger partial charge >= 0.3 is 0 Å². The number of rotatable bonds is 7. The number of ether oxygens (including phenoxy) is 1. The van der Waals surface area contributed by atoms with Gasteiger partial charge in [0.25, 0.3) is 0 Å². The van der Waals surface area contributed by atoms with Crippen molar-refractivity contribution in [2.45, 2.75) is 53.1 Å². The molecule has 0 radical (unpaired) electrons. The molecule has 13 heavy (non-hydrogen) atoms. The summed E-state index contributed by atoms with van der Waals surface area (Å²) in [6.07, 6.45) is 2.35. The summed E-state index contributed by atoms with van der Waals surface area (Å²) in [5.41, 5.74) is 0. The summed E-state index contributed by atoms with van der Waals surface area (Å²) in [5.74, 6) is 0.751. The first-order valence-electron chi connectivity index (χ1n) is 5.29. The lowest BCUT2D eigenvalue weighted by atomic mass is 9.98. The molecular weight excluding hydrogens is 164 g/mol. The average Bonchev–Trinajstić information content (AvgIpc) is 2.13. The van der Waals surface area contributed by atoms with Gasteiger partial charge in [-0.1, -0.05) is 27.2 Å². The first-order chi connectivity index (χ1) is 6.15. The third-order valence-electron chi connectivity index (χ3n) is 2.34. The predicted octanol–water partition coefficient (Wildman–Crippen LogP) is 2.81. The molecule has 0 fully saturated rings. The van der Waals surface area contributed by atoms with Crippen LogP contribution in [0.5, 0.6) is 0 Å². The van der Waals surface area contributed by atoms with E-state index in [2.05, 4.69) is 13.8 Å². The summed E-state index contributed by atoms with van der Waals surface area (Å²) in [6, 6.07) is 0. The van der Waals surface area contributed by atoms with Crippen LogP contribution in [0.3, 0.4) is 0 Å². The number of carbonyl (C=O) groups excluding carboxylic acids is 1. The molecule has 2 nitrogen and oxygen atoms in total. The van der Waals surface area contributed by atoms with Gasteiger partial charge in [-0.2, -0.15) is 0 Å². The fraction of sp³-hybridized carbons (Fsp3) is 0.909. The lowest BCUT2D eigenvalue weighted by Crippen LogP contribution is -2.25. The third kappa shape index (κ3) is 5.04. The topological polar surface area (TPSA) is 26.3 Å². The maximum Gasteiger partial charge on any atom is 0.161 e. The Balaban J connectivity index is 3.90. The Bertz CT molecular complexity index is 143. The fourth-order valence-electron chi connectivity index (χ4n) is 1.26. The predicted molar refractivity (Wildman–Crippen MR) is 54.8 cm³/mol. The summed E-state index contributed by atoms with van der Waals surface area (Å²) in [7, 11) is 0. The minimum absolute atomic E-state index is 0.168. The molecule has 0 rings (SSSR count). The molecule has 0 amide bonds. The minimum atomic E-state index is -0.168. The summed E-state index contributed by atoms with van der Waals surface area (Å²) < 4.78 is 5.35. The molecular formula is C11H22O2. The monoisotopic (exact) mass is 186 g/mol. The standard InChI is InChI=1S/C11H22O2/c1-5-9(4)8-10(12)11(6-2)13-7-3/h9,11H,5-8H2,1-4H3. The van der Waals surface area contributed by atoms with Crippen molar-refractivity contribution in [1.29, 1.82) is 0 Å². The molecule has 78 valence electrons. The number of hydrogen-bond acceptors (Lipinski definition) is 2. The fourth-order valence-corrected chi connectivity index (χ4v) is 1.26. The molecule has 2 unspecified atom stereocenters. The van der Waals surface area contributed by atoms with Crippen molar-refractivity contribution in [2.75, 3.05) is 6.61 Å². The number of ketones is 1. The Morgan fingerprint density at radius 3 is 2.23 bits per heavy atom. The average molecular weight is 186 g/mol. The molecule has 0 aliphatic heterocycles. The van der Waals surface area contributed by atoms with Gasteiger partial charge in [-0.15, -0.1) is 0 Å². The molecule has 0 saturated carbocycles. The number of hydrogen-bond donors (Lipinski definition) is 0. The van der Waals surface area contributed by atoms with Gasteiger partial charge < -0.3 is 4.74 Å². The van der Waals surface area contributed by atoms with Gasteiger partial charge in [-0.05, 0) is 19.3 Å².